The smallest absolute Gasteiger partial charge is 0.306 e. The molecule has 0 aliphatic heterocycles. The highest BCUT2D eigenvalue weighted by Crippen LogP contribution is 2.66. The third kappa shape index (κ3) is 3.50. The lowest BCUT2D eigenvalue weighted by molar-refractivity contribution is -0.380. The molecule has 1 aromatic rings. The van der Waals surface area contributed by atoms with Crippen LogP contribution in [-0.2, 0) is 16.0 Å². The molecule has 4 aliphatic rings. The standard InChI is InChI=1S/C19H27NO2S.ClH/c1-13-16(23-12-20-13)3-4-22-17(21)10-19-8-14-5-15(9-19)7-18(2,6-14)11-19;/h12,14-15H,3-11H2,1-2H3;1H. The molecule has 2 unspecified atom stereocenters. The zero-order chi connectivity index (χ0) is 16.1. The topological polar surface area (TPSA) is 40.4 Å². The van der Waals surface area contributed by atoms with E-state index in [-0.39, 0.29) is 23.8 Å². The Morgan fingerprint density at radius 2 is 2.04 bits per heavy atom. The molecule has 1 heterocycles. The van der Waals surface area contributed by atoms with E-state index in [4.69, 9.17) is 4.74 Å². The molecule has 1 N–H and O–H groups in total. The maximum Gasteiger partial charge on any atom is 0.306 e. The van der Waals surface area contributed by atoms with Gasteiger partial charge in [-0.25, -0.2) is 4.98 Å². The first-order valence-electron chi connectivity index (χ1n) is 9.06. The second-order valence-electron chi connectivity index (χ2n) is 8.85. The zero-order valence-corrected chi connectivity index (χ0v) is 16.3. The molecular formula is C19H28ClNO2S. The lowest BCUT2D eigenvalue weighted by atomic mass is 9.44. The van der Waals surface area contributed by atoms with Gasteiger partial charge in [0, 0.05) is 13.3 Å². The van der Waals surface area contributed by atoms with Crippen LogP contribution >= 0.6 is 11.3 Å². The van der Waals surface area contributed by atoms with Crippen molar-refractivity contribution >= 4 is 17.3 Å². The minimum atomic E-state index is 0. The predicted molar refractivity (Wildman–Crippen MR) is 90.1 cm³/mol. The quantitative estimate of drug-likeness (QED) is 0.725. The fourth-order valence-electron chi connectivity index (χ4n) is 6.35. The van der Waals surface area contributed by atoms with Gasteiger partial charge < -0.3 is 17.1 Å². The molecule has 1 aromatic heterocycles. The Balaban J connectivity index is 0.00000169. The van der Waals surface area contributed by atoms with Crippen LogP contribution in [0.2, 0.25) is 0 Å². The molecule has 0 amide bonds. The highest BCUT2D eigenvalue weighted by Gasteiger charge is 2.56. The fourth-order valence-corrected chi connectivity index (χ4v) is 7.17. The summed E-state index contributed by atoms with van der Waals surface area (Å²) in [6.45, 7) is 5.05. The first-order chi connectivity index (χ1) is 11.0. The fraction of sp³-hybridized carbons (Fsp3) is 0.789. The van der Waals surface area contributed by atoms with E-state index in [1.165, 1.54) is 49.1 Å². The van der Waals surface area contributed by atoms with Gasteiger partial charge in [0.15, 0.2) is 5.69 Å². The Bertz CT molecular complexity index is 600. The molecule has 2 atom stereocenters. The van der Waals surface area contributed by atoms with Crippen LogP contribution in [0.1, 0.15) is 62.4 Å². The van der Waals surface area contributed by atoms with Crippen LogP contribution in [0.5, 0.6) is 0 Å². The maximum atomic E-state index is 12.4. The number of thiazole rings is 1. The lowest BCUT2D eigenvalue weighted by Gasteiger charge is -2.61. The molecule has 4 aliphatic carbocycles. The number of hydrogen-bond acceptors (Lipinski definition) is 3. The third-order valence-electron chi connectivity index (χ3n) is 6.48. The van der Waals surface area contributed by atoms with E-state index in [9.17, 15) is 4.79 Å². The summed E-state index contributed by atoms with van der Waals surface area (Å²) >= 11 is 1.71. The molecule has 0 aromatic carbocycles. The average Bonchev–Trinajstić information content (AvgIpc) is 2.80. The van der Waals surface area contributed by atoms with Crippen LogP contribution in [0, 0.1) is 29.6 Å². The highest BCUT2D eigenvalue weighted by molar-refractivity contribution is 7.09. The number of aromatic nitrogens is 1. The number of H-pyrrole nitrogens is 1. The van der Waals surface area contributed by atoms with Crippen molar-refractivity contribution in [2.45, 2.75) is 65.2 Å². The summed E-state index contributed by atoms with van der Waals surface area (Å²) in [4.78, 5) is 16.9. The van der Waals surface area contributed by atoms with E-state index in [0.717, 1.165) is 18.3 Å². The molecule has 4 saturated carbocycles. The Morgan fingerprint density at radius 3 is 2.62 bits per heavy atom. The summed E-state index contributed by atoms with van der Waals surface area (Å²) < 4.78 is 5.60. The minimum Gasteiger partial charge on any atom is -1.00 e. The van der Waals surface area contributed by atoms with E-state index in [0.29, 0.717) is 18.4 Å². The maximum absolute atomic E-state index is 12.4. The summed E-state index contributed by atoms with van der Waals surface area (Å²) in [5, 5.41) is 0. The molecule has 134 valence electrons. The van der Waals surface area contributed by atoms with Gasteiger partial charge in [-0.1, -0.05) is 18.3 Å². The Kier molecular flexibility index (Phi) is 5.00. The number of halogens is 1. The summed E-state index contributed by atoms with van der Waals surface area (Å²) in [5.41, 5.74) is 3.96. The van der Waals surface area contributed by atoms with Gasteiger partial charge in [0.25, 0.3) is 0 Å². The number of ether oxygens (including phenoxy) is 1. The van der Waals surface area contributed by atoms with Gasteiger partial charge >= 0.3 is 5.97 Å². The monoisotopic (exact) mass is 369 g/mol. The zero-order valence-electron chi connectivity index (χ0n) is 14.7. The summed E-state index contributed by atoms with van der Waals surface area (Å²) in [5.74, 6) is 1.78. The summed E-state index contributed by atoms with van der Waals surface area (Å²) in [6, 6.07) is 0. The first-order valence-corrected chi connectivity index (χ1v) is 9.94. The Hall–Kier alpha value is -0.610. The molecular weight excluding hydrogens is 342 g/mol. The summed E-state index contributed by atoms with van der Waals surface area (Å²) in [7, 11) is 0. The minimum absolute atomic E-state index is 0. The van der Waals surface area contributed by atoms with Gasteiger partial charge in [0.2, 0.25) is 5.51 Å². The number of aromatic amines is 1. The van der Waals surface area contributed by atoms with Crippen LogP contribution in [0.4, 0.5) is 0 Å². The van der Waals surface area contributed by atoms with Crippen molar-refractivity contribution in [3.05, 3.63) is 16.1 Å². The van der Waals surface area contributed by atoms with Crippen molar-refractivity contribution in [2.75, 3.05) is 6.61 Å². The molecule has 5 rings (SSSR count). The van der Waals surface area contributed by atoms with Crippen molar-refractivity contribution in [1.82, 2.24) is 0 Å². The second-order valence-corrected chi connectivity index (χ2v) is 9.81. The van der Waals surface area contributed by atoms with Crippen molar-refractivity contribution in [3.63, 3.8) is 0 Å². The van der Waals surface area contributed by atoms with Crippen molar-refractivity contribution in [3.8, 4) is 0 Å². The first kappa shape index (κ1) is 18.2. The van der Waals surface area contributed by atoms with Crippen LogP contribution in [0.25, 0.3) is 0 Å². The van der Waals surface area contributed by atoms with E-state index in [1.54, 1.807) is 11.3 Å². The van der Waals surface area contributed by atoms with Gasteiger partial charge in [0.1, 0.15) is 0 Å². The molecule has 5 heteroatoms. The largest absolute Gasteiger partial charge is 1.00 e. The molecule has 24 heavy (non-hydrogen) atoms. The van der Waals surface area contributed by atoms with Gasteiger partial charge in [-0.2, -0.15) is 0 Å². The van der Waals surface area contributed by atoms with Gasteiger partial charge in [-0.05, 0) is 61.2 Å². The van der Waals surface area contributed by atoms with E-state index < -0.39 is 0 Å². The number of carbonyl (C=O) groups excluding carboxylic acids is 1. The van der Waals surface area contributed by atoms with Crippen LogP contribution in [0.3, 0.4) is 0 Å². The number of aryl methyl sites for hydroxylation is 1. The average molecular weight is 370 g/mol. The Morgan fingerprint density at radius 1 is 1.33 bits per heavy atom. The van der Waals surface area contributed by atoms with Crippen LogP contribution < -0.4 is 17.4 Å². The van der Waals surface area contributed by atoms with Crippen molar-refractivity contribution in [1.29, 1.82) is 0 Å². The van der Waals surface area contributed by atoms with Gasteiger partial charge in [0.05, 0.1) is 17.9 Å². The normalized spacial score (nSPS) is 36.4. The van der Waals surface area contributed by atoms with Crippen LogP contribution in [0.15, 0.2) is 5.51 Å². The van der Waals surface area contributed by atoms with Crippen molar-refractivity contribution in [2.24, 2.45) is 22.7 Å². The summed E-state index contributed by atoms with van der Waals surface area (Å²) in [6.07, 6.45) is 9.50. The molecule has 4 bridgehead atoms. The van der Waals surface area contributed by atoms with Crippen molar-refractivity contribution < 1.29 is 26.9 Å². The lowest BCUT2D eigenvalue weighted by Crippen LogP contribution is -3.00. The molecule has 3 nitrogen and oxygen atoms in total. The number of nitrogens with one attached hydrogen (secondary N) is 1. The van der Waals surface area contributed by atoms with Crippen LogP contribution in [-0.4, -0.2) is 12.6 Å². The molecule has 4 fully saturated rings. The van der Waals surface area contributed by atoms with E-state index >= 15 is 0 Å². The SMILES string of the molecule is Cc1[nH+]csc1CCOC(=O)CC12CC3CC(CC(C)(C3)C1)C2.[Cl-]. The molecule has 0 radical (unpaired) electrons. The molecule has 0 saturated heterocycles. The number of esters is 1. The predicted octanol–water partition coefficient (Wildman–Crippen LogP) is 0.957. The van der Waals surface area contributed by atoms with E-state index in [1.807, 2.05) is 5.51 Å². The Labute approximate surface area is 155 Å². The third-order valence-corrected chi connectivity index (χ3v) is 7.51. The molecule has 0 spiro atoms. The number of hydrogen-bond donors (Lipinski definition) is 0. The number of carbonyl (C=O) groups is 1. The van der Waals surface area contributed by atoms with Gasteiger partial charge in [-0.3, -0.25) is 4.79 Å². The highest BCUT2D eigenvalue weighted by atomic mass is 35.5. The second kappa shape index (κ2) is 6.60. The van der Waals surface area contributed by atoms with Gasteiger partial charge in [-0.15, -0.1) is 0 Å². The van der Waals surface area contributed by atoms with E-state index in [2.05, 4.69) is 18.8 Å². The number of rotatable bonds is 5.